The van der Waals surface area contributed by atoms with E-state index in [2.05, 4.69) is 14.9 Å². The summed E-state index contributed by atoms with van der Waals surface area (Å²) in [4.78, 5) is 17.3. The number of primary amides is 1. The van der Waals surface area contributed by atoms with Gasteiger partial charge in [0.05, 0.1) is 5.56 Å². The van der Waals surface area contributed by atoms with E-state index in [9.17, 15) is 31.1 Å². The number of anilines is 1. The van der Waals surface area contributed by atoms with Crippen LogP contribution < -0.4 is 15.4 Å². The molecule has 0 saturated carbocycles. The van der Waals surface area contributed by atoms with Crippen LogP contribution in [-0.4, -0.2) is 41.4 Å². The van der Waals surface area contributed by atoms with Crippen LogP contribution in [0.15, 0.2) is 40.9 Å². The quantitative estimate of drug-likeness (QED) is 0.447. The second kappa shape index (κ2) is 9.36. The Bertz CT molecular complexity index is 1270. The first kappa shape index (κ1) is 25.3. The predicted molar refractivity (Wildman–Crippen MR) is 116 cm³/mol. The molecule has 1 aliphatic heterocycles. The van der Waals surface area contributed by atoms with Gasteiger partial charge in [0, 0.05) is 36.3 Å². The first-order valence-electron chi connectivity index (χ1n) is 10.8. The third-order valence-electron chi connectivity index (χ3n) is 5.72. The van der Waals surface area contributed by atoms with Gasteiger partial charge >= 0.3 is 12.4 Å². The van der Waals surface area contributed by atoms with Gasteiger partial charge in [-0.15, -0.1) is 0 Å². The van der Waals surface area contributed by atoms with Crippen molar-refractivity contribution >= 4 is 11.6 Å². The molecule has 2 N–H and O–H groups in total. The standard InChI is InChI=1S/C23H20F6N4O3/c1-12(22(24,25)26)35-18-6-5-13(11-16(18)23(27,28)29)21-31-20(32-36-21)15-3-2-4-17-14(15)7-9-33(17)10-8-19(30)34/h2-6,11-12H,7-10H2,1H3,(H2,30,34). The topological polar surface area (TPSA) is 94.5 Å². The maximum absolute atomic E-state index is 13.6. The zero-order valence-corrected chi connectivity index (χ0v) is 18.8. The summed E-state index contributed by atoms with van der Waals surface area (Å²) in [6, 6.07) is 7.87. The molecule has 2 heterocycles. The number of hydrogen-bond acceptors (Lipinski definition) is 6. The third kappa shape index (κ3) is 5.24. The van der Waals surface area contributed by atoms with Gasteiger partial charge in [0.25, 0.3) is 5.89 Å². The molecule has 7 nitrogen and oxygen atoms in total. The summed E-state index contributed by atoms with van der Waals surface area (Å²) in [6.07, 6.45) is -11.5. The van der Waals surface area contributed by atoms with Crippen molar-refractivity contribution in [2.75, 3.05) is 18.0 Å². The highest BCUT2D eigenvalue weighted by Crippen LogP contribution is 2.41. The van der Waals surface area contributed by atoms with Gasteiger partial charge in [-0.1, -0.05) is 17.3 Å². The number of carbonyl (C=O) groups is 1. The summed E-state index contributed by atoms with van der Waals surface area (Å²) < 4.78 is 89.0. The van der Waals surface area contributed by atoms with E-state index in [-0.39, 0.29) is 23.7 Å². The van der Waals surface area contributed by atoms with Crippen molar-refractivity contribution in [2.45, 2.75) is 38.2 Å². The minimum atomic E-state index is -4.99. The highest BCUT2D eigenvalue weighted by Gasteiger charge is 2.41. The molecule has 0 saturated heterocycles. The molecule has 0 aliphatic carbocycles. The van der Waals surface area contributed by atoms with Crippen molar-refractivity contribution in [3.05, 3.63) is 47.5 Å². The van der Waals surface area contributed by atoms with E-state index in [4.69, 9.17) is 10.3 Å². The van der Waals surface area contributed by atoms with Gasteiger partial charge in [-0.2, -0.15) is 31.3 Å². The molecule has 36 heavy (non-hydrogen) atoms. The molecule has 1 atom stereocenters. The van der Waals surface area contributed by atoms with Crippen molar-refractivity contribution in [3.8, 4) is 28.6 Å². The van der Waals surface area contributed by atoms with Crippen molar-refractivity contribution in [1.29, 1.82) is 0 Å². The highest BCUT2D eigenvalue weighted by molar-refractivity contribution is 5.76. The summed E-state index contributed by atoms with van der Waals surface area (Å²) in [6.45, 7) is 1.69. The molecule has 1 aliphatic rings. The molecule has 192 valence electrons. The van der Waals surface area contributed by atoms with Crippen LogP contribution >= 0.6 is 0 Å². The van der Waals surface area contributed by atoms with Crippen LogP contribution in [0.3, 0.4) is 0 Å². The van der Waals surface area contributed by atoms with Crippen LogP contribution in [0, 0.1) is 0 Å². The minimum Gasteiger partial charge on any atom is -0.481 e. The Morgan fingerprint density at radius 1 is 1.19 bits per heavy atom. The molecule has 0 fully saturated rings. The molecule has 0 radical (unpaired) electrons. The third-order valence-corrected chi connectivity index (χ3v) is 5.72. The monoisotopic (exact) mass is 514 g/mol. The number of benzene rings is 2. The maximum atomic E-state index is 13.6. The van der Waals surface area contributed by atoms with Crippen LogP contribution in [0.25, 0.3) is 22.8 Å². The minimum absolute atomic E-state index is 0.135. The average Bonchev–Trinajstić information content (AvgIpc) is 3.44. The lowest BCUT2D eigenvalue weighted by Gasteiger charge is -2.20. The normalized spacial score (nSPS) is 14.6. The van der Waals surface area contributed by atoms with Crippen molar-refractivity contribution in [2.24, 2.45) is 5.73 Å². The van der Waals surface area contributed by atoms with E-state index in [1.165, 1.54) is 0 Å². The summed E-state index contributed by atoms with van der Waals surface area (Å²) in [5, 5.41) is 3.89. The predicted octanol–water partition coefficient (Wildman–Crippen LogP) is 4.99. The second-order valence-electron chi connectivity index (χ2n) is 8.19. The summed E-state index contributed by atoms with van der Waals surface area (Å²) in [5.74, 6) is -1.50. The van der Waals surface area contributed by atoms with Crippen molar-refractivity contribution in [1.82, 2.24) is 10.1 Å². The average molecular weight is 514 g/mol. The highest BCUT2D eigenvalue weighted by atomic mass is 19.4. The number of halogens is 6. The van der Waals surface area contributed by atoms with E-state index < -0.39 is 35.7 Å². The van der Waals surface area contributed by atoms with Crippen LogP contribution in [0.2, 0.25) is 0 Å². The van der Waals surface area contributed by atoms with Gasteiger partial charge in [0.15, 0.2) is 6.10 Å². The number of rotatable bonds is 7. The lowest BCUT2D eigenvalue weighted by atomic mass is 10.0. The molecule has 0 bridgehead atoms. The van der Waals surface area contributed by atoms with E-state index in [0.29, 0.717) is 38.1 Å². The molecule has 2 aromatic carbocycles. The molecule has 3 aromatic rings. The maximum Gasteiger partial charge on any atom is 0.425 e. The van der Waals surface area contributed by atoms with E-state index in [0.717, 1.165) is 23.4 Å². The fourth-order valence-electron chi connectivity index (χ4n) is 3.88. The van der Waals surface area contributed by atoms with Crippen LogP contribution in [0.5, 0.6) is 5.75 Å². The van der Waals surface area contributed by atoms with Gasteiger partial charge in [-0.3, -0.25) is 4.79 Å². The molecule has 1 unspecified atom stereocenters. The first-order valence-corrected chi connectivity index (χ1v) is 10.8. The van der Waals surface area contributed by atoms with E-state index in [1.807, 2.05) is 11.0 Å². The Balaban J connectivity index is 1.64. The molecule has 0 spiro atoms. The first-order chi connectivity index (χ1) is 16.8. The summed E-state index contributed by atoms with van der Waals surface area (Å²) >= 11 is 0. The number of carbonyl (C=O) groups excluding carboxylic acids is 1. The van der Waals surface area contributed by atoms with Gasteiger partial charge in [-0.05, 0) is 43.2 Å². The zero-order chi connectivity index (χ0) is 26.3. The number of nitrogens with two attached hydrogens (primary N) is 1. The van der Waals surface area contributed by atoms with Crippen LogP contribution in [0.1, 0.15) is 24.5 Å². The lowest BCUT2D eigenvalue weighted by molar-refractivity contribution is -0.191. The Morgan fingerprint density at radius 3 is 2.61 bits per heavy atom. The van der Waals surface area contributed by atoms with Gasteiger partial charge in [-0.25, -0.2) is 0 Å². The van der Waals surface area contributed by atoms with Gasteiger partial charge < -0.3 is 19.9 Å². The molecular weight excluding hydrogens is 494 g/mol. The van der Waals surface area contributed by atoms with E-state index in [1.54, 1.807) is 12.1 Å². The molecule has 13 heteroatoms. The number of fused-ring (bicyclic) bond motifs is 1. The molecular formula is C23H20F6N4O3. The Hall–Kier alpha value is -3.77. The Labute approximate surface area is 200 Å². The van der Waals surface area contributed by atoms with Gasteiger partial charge in [0.2, 0.25) is 11.7 Å². The second-order valence-corrected chi connectivity index (χ2v) is 8.19. The largest absolute Gasteiger partial charge is 0.481 e. The molecule has 1 amide bonds. The molecule has 1 aromatic heterocycles. The van der Waals surface area contributed by atoms with Crippen LogP contribution in [-0.2, 0) is 17.4 Å². The summed E-state index contributed by atoms with van der Waals surface area (Å²) in [7, 11) is 0. The number of alkyl halides is 6. The number of nitrogens with zero attached hydrogens (tertiary/aromatic N) is 3. The zero-order valence-electron chi connectivity index (χ0n) is 18.8. The fourth-order valence-corrected chi connectivity index (χ4v) is 3.88. The van der Waals surface area contributed by atoms with Crippen molar-refractivity contribution in [3.63, 3.8) is 0 Å². The van der Waals surface area contributed by atoms with E-state index >= 15 is 0 Å². The number of aromatic nitrogens is 2. The number of hydrogen-bond donors (Lipinski definition) is 1. The number of amides is 1. The fraction of sp³-hybridized carbons (Fsp3) is 0.348. The van der Waals surface area contributed by atoms with Gasteiger partial charge in [0.1, 0.15) is 5.75 Å². The SMILES string of the molecule is CC(Oc1ccc(-c2nc(-c3cccc4c3CCN4CCC(N)=O)no2)cc1C(F)(F)F)C(F)(F)F. The lowest BCUT2D eigenvalue weighted by Crippen LogP contribution is -2.31. The van der Waals surface area contributed by atoms with Crippen molar-refractivity contribution < 1.29 is 40.4 Å². The Kier molecular flexibility index (Phi) is 6.58. The molecule has 4 rings (SSSR count). The smallest absolute Gasteiger partial charge is 0.425 e. The van der Waals surface area contributed by atoms with Crippen LogP contribution in [0.4, 0.5) is 32.0 Å². The Morgan fingerprint density at radius 2 is 1.94 bits per heavy atom. The summed E-state index contributed by atoms with van der Waals surface area (Å²) in [5.41, 5.74) is 6.05. The number of ether oxygens (including phenoxy) is 1.